The van der Waals surface area contributed by atoms with E-state index in [0.29, 0.717) is 12.0 Å². The van der Waals surface area contributed by atoms with E-state index in [1.165, 1.54) is 50.0 Å². The lowest BCUT2D eigenvalue weighted by molar-refractivity contribution is 0.355. The van der Waals surface area contributed by atoms with E-state index in [9.17, 15) is 0 Å². The van der Waals surface area contributed by atoms with Gasteiger partial charge in [-0.15, -0.1) is 0 Å². The lowest BCUT2D eigenvalue weighted by atomic mass is 9.98. The molecule has 1 saturated heterocycles. The molecular weight excluding hydrogens is 272 g/mol. The van der Waals surface area contributed by atoms with Gasteiger partial charge in [0.1, 0.15) is 0 Å². The van der Waals surface area contributed by atoms with Gasteiger partial charge < -0.3 is 10.6 Å². The van der Waals surface area contributed by atoms with E-state index < -0.39 is 0 Å². The van der Waals surface area contributed by atoms with Crippen LogP contribution in [-0.2, 0) is 0 Å². The Morgan fingerprint density at radius 3 is 2.64 bits per heavy atom. The normalized spacial score (nSPS) is 25.3. The quantitative estimate of drug-likeness (QED) is 0.794. The Hall–Kier alpha value is -1.65. The van der Waals surface area contributed by atoms with Crippen LogP contribution in [0.2, 0.25) is 0 Å². The highest BCUT2D eigenvalue weighted by Gasteiger charge is 2.38. The average molecular weight is 296 g/mol. The number of aromatic nitrogens is 2. The number of hydrogen-bond acceptors (Lipinski definition) is 3. The Morgan fingerprint density at radius 1 is 1.09 bits per heavy atom. The molecule has 3 N–H and O–H groups in total. The van der Waals surface area contributed by atoms with Gasteiger partial charge in [-0.05, 0) is 62.0 Å². The SMILES string of the molecule is c1cc(-c2ccc(C3CC3NCC3CCNCC3)cc2)[nH]n1. The van der Waals surface area contributed by atoms with Crippen LogP contribution in [0.5, 0.6) is 0 Å². The summed E-state index contributed by atoms with van der Waals surface area (Å²) >= 11 is 0. The Kier molecular flexibility index (Phi) is 3.95. The van der Waals surface area contributed by atoms with E-state index in [1.54, 1.807) is 6.20 Å². The standard InChI is InChI=1S/C18H24N4/c1-3-15(17-7-10-21-22-17)4-2-14(1)16-11-18(16)20-12-13-5-8-19-9-6-13/h1-4,7,10,13,16,18-20H,5-6,8-9,11-12H2,(H,21,22). The number of rotatable bonds is 5. The number of piperidine rings is 1. The monoisotopic (exact) mass is 296 g/mol. The molecule has 4 rings (SSSR count). The predicted molar refractivity (Wildman–Crippen MR) is 88.8 cm³/mol. The van der Waals surface area contributed by atoms with Gasteiger partial charge in [0, 0.05) is 18.2 Å². The van der Waals surface area contributed by atoms with Gasteiger partial charge in [-0.2, -0.15) is 5.10 Å². The molecule has 2 fully saturated rings. The fourth-order valence-corrected chi connectivity index (χ4v) is 3.52. The van der Waals surface area contributed by atoms with Gasteiger partial charge in [0.15, 0.2) is 0 Å². The molecule has 22 heavy (non-hydrogen) atoms. The highest BCUT2D eigenvalue weighted by atomic mass is 15.1. The van der Waals surface area contributed by atoms with Crippen molar-refractivity contribution < 1.29 is 0 Å². The van der Waals surface area contributed by atoms with Gasteiger partial charge in [-0.25, -0.2) is 0 Å². The topological polar surface area (TPSA) is 52.7 Å². The van der Waals surface area contributed by atoms with Crippen molar-refractivity contribution in [3.63, 3.8) is 0 Å². The van der Waals surface area contributed by atoms with Gasteiger partial charge in [0.05, 0.1) is 5.69 Å². The highest BCUT2D eigenvalue weighted by Crippen LogP contribution is 2.41. The van der Waals surface area contributed by atoms with Crippen LogP contribution < -0.4 is 10.6 Å². The van der Waals surface area contributed by atoms with Crippen LogP contribution in [0, 0.1) is 5.92 Å². The van der Waals surface area contributed by atoms with Crippen LogP contribution in [0.15, 0.2) is 36.5 Å². The van der Waals surface area contributed by atoms with E-state index in [0.717, 1.165) is 11.6 Å². The number of hydrogen-bond donors (Lipinski definition) is 3. The number of H-pyrrole nitrogens is 1. The van der Waals surface area contributed by atoms with Crippen molar-refractivity contribution in [3.05, 3.63) is 42.1 Å². The minimum Gasteiger partial charge on any atom is -0.317 e. The summed E-state index contributed by atoms with van der Waals surface area (Å²) in [6.07, 6.45) is 5.73. The maximum atomic E-state index is 4.01. The minimum atomic E-state index is 0.688. The summed E-state index contributed by atoms with van der Waals surface area (Å²) in [5.74, 6) is 1.57. The molecule has 0 amide bonds. The second-order valence-electron chi connectivity index (χ2n) is 6.64. The van der Waals surface area contributed by atoms with E-state index in [1.807, 2.05) is 6.07 Å². The van der Waals surface area contributed by atoms with Gasteiger partial charge in [0.25, 0.3) is 0 Å². The molecule has 0 bridgehead atoms. The number of nitrogens with one attached hydrogen (secondary N) is 3. The molecule has 2 aromatic rings. The van der Waals surface area contributed by atoms with Crippen LogP contribution in [0.25, 0.3) is 11.3 Å². The first-order valence-corrected chi connectivity index (χ1v) is 8.44. The molecule has 1 aliphatic heterocycles. The second kappa shape index (κ2) is 6.23. The summed E-state index contributed by atoms with van der Waals surface area (Å²) in [6, 6.07) is 11.6. The second-order valence-corrected chi connectivity index (χ2v) is 6.64. The van der Waals surface area contributed by atoms with Crippen molar-refractivity contribution in [2.24, 2.45) is 5.92 Å². The number of benzene rings is 1. The van der Waals surface area contributed by atoms with Crippen molar-refractivity contribution in [1.82, 2.24) is 20.8 Å². The van der Waals surface area contributed by atoms with Crippen LogP contribution in [0.3, 0.4) is 0 Å². The third-order valence-corrected chi connectivity index (χ3v) is 5.07. The maximum Gasteiger partial charge on any atom is 0.0650 e. The summed E-state index contributed by atoms with van der Waals surface area (Å²) in [6.45, 7) is 3.57. The summed E-state index contributed by atoms with van der Waals surface area (Å²) in [4.78, 5) is 0. The zero-order valence-corrected chi connectivity index (χ0v) is 12.9. The van der Waals surface area contributed by atoms with Gasteiger partial charge in [0.2, 0.25) is 0 Å². The molecule has 2 aliphatic rings. The predicted octanol–water partition coefficient (Wildman–Crippen LogP) is 2.52. The molecule has 2 unspecified atom stereocenters. The molecule has 1 aromatic carbocycles. The lowest BCUT2D eigenvalue weighted by Gasteiger charge is -2.22. The molecule has 4 nitrogen and oxygen atoms in total. The first-order chi connectivity index (χ1) is 10.9. The summed E-state index contributed by atoms with van der Waals surface area (Å²) in [5, 5.41) is 14.2. The van der Waals surface area contributed by atoms with E-state index in [2.05, 4.69) is 45.1 Å². The molecule has 2 heterocycles. The zero-order valence-electron chi connectivity index (χ0n) is 12.9. The van der Waals surface area contributed by atoms with E-state index in [-0.39, 0.29) is 0 Å². The van der Waals surface area contributed by atoms with Crippen LogP contribution in [0.4, 0.5) is 0 Å². The van der Waals surface area contributed by atoms with Gasteiger partial charge in [-0.1, -0.05) is 24.3 Å². The smallest absolute Gasteiger partial charge is 0.0650 e. The molecule has 1 saturated carbocycles. The average Bonchev–Trinajstić information content (AvgIpc) is 3.15. The highest BCUT2D eigenvalue weighted by molar-refractivity contribution is 5.59. The fraction of sp³-hybridized carbons (Fsp3) is 0.500. The summed E-state index contributed by atoms with van der Waals surface area (Å²) in [7, 11) is 0. The Balaban J connectivity index is 1.30. The van der Waals surface area contributed by atoms with E-state index >= 15 is 0 Å². The molecule has 0 spiro atoms. The summed E-state index contributed by atoms with van der Waals surface area (Å²) in [5.41, 5.74) is 3.76. The largest absolute Gasteiger partial charge is 0.317 e. The fourth-order valence-electron chi connectivity index (χ4n) is 3.52. The van der Waals surface area contributed by atoms with Gasteiger partial charge in [-0.3, -0.25) is 5.10 Å². The van der Waals surface area contributed by atoms with Crippen molar-refractivity contribution in [3.8, 4) is 11.3 Å². The van der Waals surface area contributed by atoms with Crippen molar-refractivity contribution in [2.75, 3.05) is 19.6 Å². The molecule has 1 aromatic heterocycles. The Morgan fingerprint density at radius 2 is 1.91 bits per heavy atom. The van der Waals surface area contributed by atoms with Crippen molar-refractivity contribution in [2.45, 2.75) is 31.2 Å². The maximum absolute atomic E-state index is 4.01. The Bertz CT molecular complexity index is 584. The van der Waals surface area contributed by atoms with Crippen molar-refractivity contribution >= 4 is 0 Å². The molecule has 4 heteroatoms. The van der Waals surface area contributed by atoms with Gasteiger partial charge >= 0.3 is 0 Å². The summed E-state index contributed by atoms with van der Waals surface area (Å²) < 4.78 is 0. The van der Waals surface area contributed by atoms with Crippen molar-refractivity contribution in [1.29, 1.82) is 0 Å². The van der Waals surface area contributed by atoms with Crippen LogP contribution in [-0.4, -0.2) is 35.9 Å². The first-order valence-electron chi connectivity index (χ1n) is 8.44. The van der Waals surface area contributed by atoms with E-state index in [4.69, 9.17) is 0 Å². The number of nitrogens with zero attached hydrogens (tertiary/aromatic N) is 1. The third kappa shape index (κ3) is 3.08. The molecule has 116 valence electrons. The van der Waals surface area contributed by atoms with Crippen LogP contribution >= 0.6 is 0 Å². The zero-order chi connectivity index (χ0) is 14.8. The molecular formula is C18H24N4. The first kappa shape index (κ1) is 14.0. The van der Waals surface area contributed by atoms with Crippen LogP contribution in [0.1, 0.15) is 30.7 Å². The Labute approximate surface area is 131 Å². The molecule has 1 aliphatic carbocycles. The third-order valence-electron chi connectivity index (χ3n) is 5.07. The number of aromatic amines is 1. The molecule has 2 atom stereocenters. The lowest BCUT2D eigenvalue weighted by Crippen LogP contribution is -2.34. The molecule has 0 radical (unpaired) electrons. The minimum absolute atomic E-state index is 0.688.